The summed E-state index contributed by atoms with van der Waals surface area (Å²) < 4.78 is 11.1. The van der Waals surface area contributed by atoms with Crippen molar-refractivity contribution in [1.82, 2.24) is 9.80 Å². The second-order valence-corrected chi connectivity index (χ2v) is 9.63. The van der Waals surface area contributed by atoms with Crippen LogP contribution in [0.3, 0.4) is 0 Å². The van der Waals surface area contributed by atoms with Crippen LogP contribution in [0.1, 0.15) is 36.2 Å². The third kappa shape index (κ3) is 7.35. The first-order valence-electron chi connectivity index (χ1n) is 12.8. The summed E-state index contributed by atoms with van der Waals surface area (Å²) in [5.41, 5.74) is 1.93. The second-order valence-electron chi connectivity index (χ2n) is 9.63. The van der Waals surface area contributed by atoms with Gasteiger partial charge in [0.15, 0.2) is 0 Å². The van der Waals surface area contributed by atoms with Crippen molar-refractivity contribution in [2.45, 2.75) is 25.0 Å². The van der Waals surface area contributed by atoms with Gasteiger partial charge in [-0.2, -0.15) is 0 Å². The first-order chi connectivity index (χ1) is 16.7. The molecule has 2 heterocycles. The number of aliphatic hydroxyl groups is 2. The van der Waals surface area contributed by atoms with Gasteiger partial charge in [-0.25, -0.2) is 0 Å². The Hall–Kier alpha value is -1.80. The minimum Gasteiger partial charge on any atom is -0.388 e. The Kier molecular flexibility index (Phi) is 9.92. The van der Waals surface area contributed by atoms with Crippen molar-refractivity contribution in [3.05, 3.63) is 71.8 Å². The van der Waals surface area contributed by atoms with Gasteiger partial charge in [0.2, 0.25) is 0 Å². The highest BCUT2D eigenvalue weighted by molar-refractivity contribution is 5.19. The van der Waals surface area contributed by atoms with Crippen molar-refractivity contribution in [2.75, 3.05) is 65.7 Å². The minimum absolute atomic E-state index is 0.0932. The molecule has 0 aliphatic carbocycles. The number of ether oxygens (including phenoxy) is 2. The lowest BCUT2D eigenvalue weighted by Crippen LogP contribution is -2.42. The lowest BCUT2D eigenvalue weighted by atomic mass is 9.84. The maximum atomic E-state index is 11.4. The van der Waals surface area contributed by atoms with Crippen LogP contribution in [0.2, 0.25) is 0 Å². The predicted octanol–water partition coefficient (Wildman–Crippen LogP) is 3.13. The summed E-state index contributed by atoms with van der Waals surface area (Å²) in [6, 6.07) is 20.0. The van der Waals surface area contributed by atoms with Crippen LogP contribution >= 0.6 is 0 Å². The van der Waals surface area contributed by atoms with Gasteiger partial charge in [-0.05, 0) is 24.0 Å². The molecule has 186 valence electrons. The van der Waals surface area contributed by atoms with Crippen LogP contribution in [0.4, 0.5) is 0 Å². The molecule has 2 aliphatic heterocycles. The van der Waals surface area contributed by atoms with E-state index in [1.165, 1.54) is 0 Å². The van der Waals surface area contributed by atoms with Gasteiger partial charge < -0.3 is 19.7 Å². The molecule has 0 saturated carbocycles. The standard InChI is InChI=1S/C28H40N2O4/c31-27(23-7-3-1-4-8-23)25(21-29-13-17-33-18-14-29)11-12-26(22-30-15-19-34-20-16-30)28(32)24-9-5-2-6-10-24/h1-10,25-28,31-32H,11-22H2/t25-,26+,27-,28-/m1/s1. The van der Waals surface area contributed by atoms with Crippen molar-refractivity contribution in [1.29, 1.82) is 0 Å². The quantitative estimate of drug-likeness (QED) is 0.528. The van der Waals surface area contributed by atoms with Crippen LogP contribution in [-0.2, 0) is 9.47 Å². The van der Waals surface area contributed by atoms with Crippen molar-refractivity contribution < 1.29 is 19.7 Å². The zero-order valence-electron chi connectivity index (χ0n) is 20.2. The van der Waals surface area contributed by atoms with Crippen LogP contribution in [0.15, 0.2) is 60.7 Å². The molecule has 2 aromatic rings. The molecule has 0 spiro atoms. The Morgan fingerprint density at radius 1 is 0.588 bits per heavy atom. The Morgan fingerprint density at radius 3 is 1.29 bits per heavy atom. The van der Waals surface area contributed by atoms with E-state index in [9.17, 15) is 10.2 Å². The fraction of sp³-hybridized carbons (Fsp3) is 0.571. The Balaban J connectivity index is 1.47. The van der Waals surface area contributed by atoms with Crippen molar-refractivity contribution in [3.63, 3.8) is 0 Å². The molecule has 6 nitrogen and oxygen atoms in total. The fourth-order valence-corrected chi connectivity index (χ4v) is 5.20. The highest BCUT2D eigenvalue weighted by Gasteiger charge is 2.29. The Bertz CT molecular complexity index is 740. The van der Waals surface area contributed by atoms with E-state index in [2.05, 4.69) is 9.80 Å². The molecule has 4 atom stereocenters. The van der Waals surface area contributed by atoms with Crippen molar-refractivity contribution >= 4 is 0 Å². The molecule has 2 N–H and O–H groups in total. The van der Waals surface area contributed by atoms with Crippen LogP contribution in [-0.4, -0.2) is 85.7 Å². The van der Waals surface area contributed by atoms with E-state index >= 15 is 0 Å². The number of morpholine rings is 2. The maximum Gasteiger partial charge on any atom is 0.0830 e. The Morgan fingerprint density at radius 2 is 0.941 bits per heavy atom. The van der Waals surface area contributed by atoms with E-state index < -0.39 is 12.2 Å². The van der Waals surface area contributed by atoms with Crippen LogP contribution in [0.25, 0.3) is 0 Å². The number of hydrogen-bond donors (Lipinski definition) is 2. The van der Waals surface area contributed by atoms with Gasteiger partial charge in [0.25, 0.3) is 0 Å². The molecule has 0 radical (unpaired) electrons. The summed E-state index contributed by atoms with van der Waals surface area (Å²) in [4.78, 5) is 4.82. The highest BCUT2D eigenvalue weighted by Crippen LogP contribution is 2.33. The number of rotatable bonds is 11. The zero-order chi connectivity index (χ0) is 23.6. The average Bonchev–Trinajstić information content (AvgIpc) is 2.91. The molecular weight excluding hydrogens is 428 g/mol. The van der Waals surface area contributed by atoms with E-state index in [1.807, 2.05) is 60.7 Å². The molecule has 0 amide bonds. The average molecular weight is 469 g/mol. The van der Waals surface area contributed by atoms with E-state index in [4.69, 9.17) is 9.47 Å². The van der Waals surface area contributed by atoms with Gasteiger partial charge in [0.05, 0.1) is 38.6 Å². The zero-order valence-corrected chi connectivity index (χ0v) is 20.2. The third-order valence-electron chi connectivity index (χ3n) is 7.28. The number of hydrogen-bond acceptors (Lipinski definition) is 6. The molecule has 34 heavy (non-hydrogen) atoms. The summed E-state index contributed by atoms with van der Waals surface area (Å²) in [6.45, 7) is 8.30. The molecule has 0 unspecified atom stereocenters. The van der Waals surface area contributed by atoms with Crippen molar-refractivity contribution in [2.24, 2.45) is 11.8 Å². The maximum absolute atomic E-state index is 11.4. The monoisotopic (exact) mass is 468 g/mol. The largest absolute Gasteiger partial charge is 0.388 e. The van der Waals surface area contributed by atoms with Gasteiger partial charge in [-0.3, -0.25) is 9.80 Å². The van der Waals surface area contributed by atoms with Crippen molar-refractivity contribution in [3.8, 4) is 0 Å². The van der Waals surface area contributed by atoms with E-state index in [0.717, 1.165) is 89.7 Å². The Labute approximate surface area is 204 Å². The molecule has 2 fully saturated rings. The molecule has 2 aliphatic rings. The van der Waals surface area contributed by atoms with Crippen LogP contribution in [0.5, 0.6) is 0 Å². The van der Waals surface area contributed by atoms with Gasteiger partial charge in [-0.15, -0.1) is 0 Å². The van der Waals surface area contributed by atoms with Crippen LogP contribution in [0, 0.1) is 11.8 Å². The minimum atomic E-state index is -0.526. The molecule has 2 saturated heterocycles. The number of benzene rings is 2. The molecule has 2 aromatic carbocycles. The SMILES string of the molecule is O[C@H](c1ccccc1)[C@H](CC[C@@H](CN1CCOCC1)[C@H](O)c1ccccc1)CN1CCOCC1. The van der Waals surface area contributed by atoms with E-state index in [0.29, 0.717) is 0 Å². The molecule has 4 rings (SSSR count). The van der Waals surface area contributed by atoms with E-state index in [1.54, 1.807) is 0 Å². The number of nitrogens with zero attached hydrogens (tertiary/aromatic N) is 2. The lowest BCUT2D eigenvalue weighted by Gasteiger charge is -2.35. The summed E-state index contributed by atoms with van der Waals surface area (Å²) in [7, 11) is 0. The normalized spacial score (nSPS) is 21.6. The topological polar surface area (TPSA) is 65.4 Å². The third-order valence-corrected chi connectivity index (χ3v) is 7.28. The molecule has 6 heteroatoms. The fourth-order valence-electron chi connectivity index (χ4n) is 5.20. The predicted molar refractivity (Wildman–Crippen MR) is 134 cm³/mol. The molecule has 0 bridgehead atoms. The van der Waals surface area contributed by atoms with Gasteiger partial charge in [-0.1, -0.05) is 60.7 Å². The first-order valence-corrected chi connectivity index (χ1v) is 12.8. The highest BCUT2D eigenvalue weighted by atomic mass is 16.5. The van der Waals surface area contributed by atoms with Crippen LogP contribution < -0.4 is 0 Å². The van der Waals surface area contributed by atoms with Gasteiger partial charge in [0.1, 0.15) is 0 Å². The summed E-state index contributed by atoms with van der Waals surface area (Å²) in [6.07, 6.45) is 0.655. The summed E-state index contributed by atoms with van der Waals surface area (Å²) in [5, 5.41) is 22.7. The number of aliphatic hydroxyl groups excluding tert-OH is 2. The van der Waals surface area contributed by atoms with Gasteiger partial charge in [0, 0.05) is 51.1 Å². The molecular formula is C28H40N2O4. The summed E-state index contributed by atoms with van der Waals surface area (Å²) >= 11 is 0. The smallest absolute Gasteiger partial charge is 0.0830 e. The second kappa shape index (κ2) is 13.3. The summed E-state index contributed by atoms with van der Waals surface area (Å²) in [5.74, 6) is 0.186. The molecule has 0 aromatic heterocycles. The van der Waals surface area contributed by atoms with E-state index in [-0.39, 0.29) is 11.8 Å². The van der Waals surface area contributed by atoms with Gasteiger partial charge >= 0.3 is 0 Å². The lowest BCUT2D eigenvalue weighted by molar-refractivity contribution is -0.00326. The first kappa shape index (κ1) is 25.3.